The largest absolute Gasteiger partial charge is 0.513 e. The first-order chi connectivity index (χ1) is 6.54. The second-order valence-corrected chi connectivity index (χ2v) is 3.21. The molecular formula is C8H7BrFNO3. The number of nitrogen functional groups attached to an aromatic ring is 1. The highest BCUT2D eigenvalue weighted by molar-refractivity contribution is 9.10. The number of ether oxygens (including phenoxy) is 2. The van der Waals surface area contributed by atoms with Gasteiger partial charge >= 0.3 is 6.16 Å². The van der Waals surface area contributed by atoms with Crippen LogP contribution in [0, 0.1) is 5.82 Å². The van der Waals surface area contributed by atoms with E-state index in [9.17, 15) is 9.18 Å². The third-order valence-corrected chi connectivity index (χ3v) is 2.03. The zero-order valence-electron chi connectivity index (χ0n) is 7.21. The Balaban J connectivity index is 2.98. The van der Waals surface area contributed by atoms with Crippen molar-refractivity contribution < 1.29 is 18.7 Å². The summed E-state index contributed by atoms with van der Waals surface area (Å²) in [6.07, 6.45) is -0.892. The summed E-state index contributed by atoms with van der Waals surface area (Å²) in [5.74, 6) is -0.482. The van der Waals surface area contributed by atoms with Crippen molar-refractivity contribution in [1.29, 1.82) is 0 Å². The Kier molecular flexibility index (Phi) is 3.29. The van der Waals surface area contributed by atoms with E-state index in [1.807, 2.05) is 0 Å². The van der Waals surface area contributed by atoms with Crippen LogP contribution in [0.15, 0.2) is 16.6 Å². The van der Waals surface area contributed by atoms with Crippen LogP contribution in [-0.2, 0) is 4.74 Å². The summed E-state index contributed by atoms with van der Waals surface area (Å²) in [6, 6.07) is 2.30. The van der Waals surface area contributed by atoms with Gasteiger partial charge in [0, 0.05) is 6.07 Å². The van der Waals surface area contributed by atoms with E-state index in [2.05, 4.69) is 25.4 Å². The number of hydrogen-bond donors (Lipinski definition) is 1. The fraction of sp³-hybridized carbons (Fsp3) is 0.125. The fourth-order valence-corrected chi connectivity index (χ4v) is 1.15. The van der Waals surface area contributed by atoms with Crippen molar-refractivity contribution in [3.63, 3.8) is 0 Å². The summed E-state index contributed by atoms with van der Waals surface area (Å²) in [7, 11) is 1.17. The molecule has 0 aliphatic rings. The van der Waals surface area contributed by atoms with Gasteiger partial charge < -0.3 is 15.2 Å². The molecular weight excluding hydrogens is 257 g/mol. The molecule has 0 aromatic heterocycles. The molecule has 0 radical (unpaired) electrons. The molecule has 2 N–H and O–H groups in total. The standard InChI is InChI=1S/C8H7BrFNO3/c1-13-8(12)14-7-3-6(11)5(10)2-4(7)9/h2-3H,11H2,1H3. The Morgan fingerprint density at radius 3 is 2.79 bits per heavy atom. The van der Waals surface area contributed by atoms with E-state index in [4.69, 9.17) is 5.73 Å². The first-order valence-electron chi connectivity index (χ1n) is 3.55. The molecule has 0 fully saturated rings. The van der Waals surface area contributed by atoms with Gasteiger partial charge in [-0.25, -0.2) is 9.18 Å². The predicted octanol–water partition coefficient (Wildman–Crippen LogP) is 2.32. The average molecular weight is 264 g/mol. The van der Waals surface area contributed by atoms with Gasteiger partial charge in [-0.3, -0.25) is 0 Å². The Morgan fingerprint density at radius 1 is 1.57 bits per heavy atom. The van der Waals surface area contributed by atoms with Crippen molar-refractivity contribution in [3.8, 4) is 5.75 Å². The van der Waals surface area contributed by atoms with Gasteiger partial charge in [0.1, 0.15) is 5.82 Å². The lowest BCUT2D eigenvalue weighted by molar-refractivity contribution is 0.121. The van der Waals surface area contributed by atoms with Gasteiger partial charge in [-0.2, -0.15) is 0 Å². The minimum atomic E-state index is -0.892. The maximum absolute atomic E-state index is 12.9. The second-order valence-electron chi connectivity index (χ2n) is 2.36. The maximum Gasteiger partial charge on any atom is 0.513 e. The molecule has 0 spiro atoms. The molecule has 0 aliphatic carbocycles. The fourth-order valence-electron chi connectivity index (χ4n) is 0.755. The van der Waals surface area contributed by atoms with Crippen LogP contribution >= 0.6 is 15.9 Å². The number of nitrogens with two attached hydrogens (primary N) is 1. The van der Waals surface area contributed by atoms with Crippen LogP contribution in [0.3, 0.4) is 0 Å². The van der Waals surface area contributed by atoms with Crippen LogP contribution in [0.1, 0.15) is 0 Å². The number of halogens is 2. The smallest absolute Gasteiger partial charge is 0.437 e. The summed E-state index contributed by atoms with van der Waals surface area (Å²) in [6.45, 7) is 0. The van der Waals surface area contributed by atoms with Crippen molar-refractivity contribution in [2.24, 2.45) is 0 Å². The van der Waals surface area contributed by atoms with Gasteiger partial charge in [0.25, 0.3) is 0 Å². The van der Waals surface area contributed by atoms with E-state index < -0.39 is 12.0 Å². The van der Waals surface area contributed by atoms with Crippen LogP contribution in [0.5, 0.6) is 5.75 Å². The summed E-state index contributed by atoms with van der Waals surface area (Å²) in [4.78, 5) is 10.7. The van der Waals surface area contributed by atoms with Crippen molar-refractivity contribution in [2.45, 2.75) is 0 Å². The van der Waals surface area contributed by atoms with Crippen LogP contribution in [-0.4, -0.2) is 13.3 Å². The van der Waals surface area contributed by atoms with Crippen LogP contribution < -0.4 is 10.5 Å². The monoisotopic (exact) mass is 263 g/mol. The number of hydrogen-bond acceptors (Lipinski definition) is 4. The molecule has 14 heavy (non-hydrogen) atoms. The van der Waals surface area contributed by atoms with Crippen molar-refractivity contribution in [1.82, 2.24) is 0 Å². The maximum atomic E-state index is 12.9. The minimum absolute atomic E-state index is 0.105. The SMILES string of the molecule is COC(=O)Oc1cc(N)c(F)cc1Br. The normalized spacial score (nSPS) is 9.64. The van der Waals surface area contributed by atoms with Gasteiger partial charge in [-0.1, -0.05) is 0 Å². The molecule has 1 rings (SSSR count). The molecule has 76 valence electrons. The molecule has 0 heterocycles. The van der Waals surface area contributed by atoms with Gasteiger partial charge in [-0.15, -0.1) is 0 Å². The third-order valence-electron chi connectivity index (χ3n) is 1.41. The average Bonchev–Trinajstić information content (AvgIpc) is 2.14. The highest BCUT2D eigenvalue weighted by Gasteiger charge is 2.11. The first kappa shape index (κ1) is 10.8. The highest BCUT2D eigenvalue weighted by atomic mass is 79.9. The van der Waals surface area contributed by atoms with E-state index in [-0.39, 0.29) is 15.9 Å². The summed E-state index contributed by atoms with van der Waals surface area (Å²) < 4.78 is 22.1. The van der Waals surface area contributed by atoms with Crippen molar-refractivity contribution in [3.05, 3.63) is 22.4 Å². The lowest BCUT2D eigenvalue weighted by Gasteiger charge is -2.06. The molecule has 0 saturated heterocycles. The lowest BCUT2D eigenvalue weighted by atomic mass is 10.3. The lowest BCUT2D eigenvalue weighted by Crippen LogP contribution is -2.08. The molecule has 0 saturated carbocycles. The van der Waals surface area contributed by atoms with Crippen LogP contribution in [0.25, 0.3) is 0 Å². The van der Waals surface area contributed by atoms with Crippen LogP contribution in [0.4, 0.5) is 14.9 Å². The van der Waals surface area contributed by atoms with E-state index >= 15 is 0 Å². The zero-order valence-corrected chi connectivity index (χ0v) is 8.80. The van der Waals surface area contributed by atoms with Crippen LogP contribution in [0.2, 0.25) is 0 Å². The van der Waals surface area contributed by atoms with Crippen molar-refractivity contribution >= 4 is 27.8 Å². The molecule has 0 unspecified atom stereocenters. The molecule has 0 amide bonds. The quantitative estimate of drug-likeness (QED) is 0.480. The second kappa shape index (κ2) is 4.28. The number of carbonyl (C=O) groups is 1. The Labute approximate surface area is 87.9 Å². The first-order valence-corrected chi connectivity index (χ1v) is 4.34. The Hall–Kier alpha value is -1.30. The molecule has 6 heteroatoms. The minimum Gasteiger partial charge on any atom is -0.437 e. The number of methoxy groups -OCH3 is 1. The van der Waals surface area contributed by atoms with Gasteiger partial charge in [0.2, 0.25) is 0 Å². The van der Waals surface area contributed by atoms with Gasteiger partial charge in [0.15, 0.2) is 5.75 Å². The summed E-state index contributed by atoms with van der Waals surface area (Å²) in [5, 5.41) is 0. The Bertz CT molecular complexity index is 370. The van der Waals surface area contributed by atoms with Crippen molar-refractivity contribution in [2.75, 3.05) is 12.8 Å². The van der Waals surface area contributed by atoms with Gasteiger partial charge in [0.05, 0.1) is 17.3 Å². The predicted molar refractivity (Wildman–Crippen MR) is 51.5 cm³/mol. The van der Waals surface area contributed by atoms with E-state index in [1.54, 1.807) is 0 Å². The zero-order chi connectivity index (χ0) is 10.7. The number of anilines is 1. The number of benzene rings is 1. The summed E-state index contributed by atoms with van der Waals surface area (Å²) in [5.41, 5.74) is 5.17. The third kappa shape index (κ3) is 2.35. The molecule has 1 aromatic carbocycles. The molecule has 1 aromatic rings. The molecule has 0 aliphatic heterocycles. The number of carbonyl (C=O) groups excluding carboxylic acids is 1. The van der Waals surface area contributed by atoms with E-state index in [0.717, 1.165) is 6.07 Å². The topological polar surface area (TPSA) is 61.5 Å². The van der Waals surface area contributed by atoms with E-state index in [1.165, 1.54) is 13.2 Å². The Morgan fingerprint density at radius 2 is 2.21 bits per heavy atom. The molecule has 4 nitrogen and oxygen atoms in total. The number of rotatable bonds is 1. The summed E-state index contributed by atoms with van der Waals surface area (Å²) >= 11 is 3.01. The molecule has 0 bridgehead atoms. The highest BCUT2D eigenvalue weighted by Crippen LogP contribution is 2.29. The van der Waals surface area contributed by atoms with Gasteiger partial charge in [-0.05, 0) is 22.0 Å². The van der Waals surface area contributed by atoms with E-state index in [0.29, 0.717) is 0 Å². The molecule has 0 atom stereocenters.